The first kappa shape index (κ1) is 30.0. The molecular formula is C25H36ClN3O6S. The maximum Gasteiger partial charge on any atom is 0.236 e. The quantitative estimate of drug-likeness (QED) is 0.381. The Hall–Kier alpha value is -2.24. The first-order valence-electron chi connectivity index (χ1n) is 12.1. The highest BCUT2D eigenvalue weighted by molar-refractivity contribution is 7.91. The SMILES string of the molecule is CCCOC1CCC(CC(=O)NN(O)Cc2ccnc(S(=O)(=O)c3ccc(OCC)cc3)c2)CC1.Cl. The fourth-order valence-corrected chi connectivity index (χ4v) is 5.39. The van der Waals surface area contributed by atoms with Crippen LogP contribution in [0.4, 0.5) is 0 Å². The third-order valence-corrected chi connectivity index (χ3v) is 7.60. The van der Waals surface area contributed by atoms with Gasteiger partial charge >= 0.3 is 0 Å². The van der Waals surface area contributed by atoms with E-state index >= 15 is 0 Å². The Morgan fingerprint density at radius 2 is 1.83 bits per heavy atom. The third-order valence-electron chi connectivity index (χ3n) is 5.93. The zero-order valence-corrected chi connectivity index (χ0v) is 22.4. The number of aromatic nitrogens is 1. The van der Waals surface area contributed by atoms with Crippen molar-refractivity contribution in [3.8, 4) is 5.75 Å². The summed E-state index contributed by atoms with van der Waals surface area (Å²) in [6, 6.07) is 9.10. The molecule has 0 spiro atoms. The van der Waals surface area contributed by atoms with Crippen LogP contribution in [0.5, 0.6) is 5.75 Å². The maximum absolute atomic E-state index is 13.0. The van der Waals surface area contributed by atoms with Gasteiger partial charge in [0.05, 0.1) is 24.2 Å². The van der Waals surface area contributed by atoms with Gasteiger partial charge < -0.3 is 9.47 Å². The lowest BCUT2D eigenvalue weighted by molar-refractivity contribution is -0.166. The summed E-state index contributed by atoms with van der Waals surface area (Å²) < 4.78 is 37.1. The number of hydrazine groups is 1. The summed E-state index contributed by atoms with van der Waals surface area (Å²) in [6.07, 6.45) is 6.71. The molecule has 1 aliphatic rings. The number of nitrogens with one attached hydrogen (secondary N) is 1. The molecule has 0 atom stereocenters. The fraction of sp³-hybridized carbons (Fsp3) is 0.520. The van der Waals surface area contributed by atoms with Crippen LogP contribution in [0, 0.1) is 5.92 Å². The molecule has 9 nitrogen and oxygen atoms in total. The molecule has 2 aromatic rings. The third kappa shape index (κ3) is 8.70. The molecule has 0 saturated heterocycles. The molecule has 200 valence electrons. The van der Waals surface area contributed by atoms with Crippen LogP contribution in [-0.2, 0) is 25.9 Å². The molecule has 1 fully saturated rings. The second kappa shape index (κ2) is 14.5. The Morgan fingerprint density at radius 3 is 2.47 bits per heavy atom. The highest BCUT2D eigenvalue weighted by Gasteiger charge is 2.24. The lowest BCUT2D eigenvalue weighted by atomic mass is 9.85. The van der Waals surface area contributed by atoms with Gasteiger partial charge in [-0.15, -0.1) is 12.4 Å². The summed E-state index contributed by atoms with van der Waals surface area (Å²) in [5.41, 5.74) is 2.95. The Kier molecular flexibility index (Phi) is 12.1. The van der Waals surface area contributed by atoms with E-state index in [1.807, 2.05) is 6.92 Å². The number of halogens is 1. The Bertz CT molecular complexity index is 1060. The number of carbonyl (C=O) groups is 1. The number of sulfone groups is 1. The molecule has 2 N–H and O–H groups in total. The van der Waals surface area contributed by atoms with E-state index < -0.39 is 9.84 Å². The summed E-state index contributed by atoms with van der Waals surface area (Å²) in [4.78, 5) is 16.5. The fourth-order valence-electron chi connectivity index (χ4n) is 4.15. The second-order valence-corrected chi connectivity index (χ2v) is 10.6. The van der Waals surface area contributed by atoms with Crippen LogP contribution in [0.25, 0.3) is 0 Å². The minimum Gasteiger partial charge on any atom is -0.494 e. The van der Waals surface area contributed by atoms with Crippen molar-refractivity contribution in [3.63, 3.8) is 0 Å². The summed E-state index contributed by atoms with van der Waals surface area (Å²) in [7, 11) is -3.85. The number of hydroxylamine groups is 1. The lowest BCUT2D eigenvalue weighted by Crippen LogP contribution is -2.40. The summed E-state index contributed by atoms with van der Waals surface area (Å²) >= 11 is 0. The monoisotopic (exact) mass is 541 g/mol. The molecule has 0 aliphatic heterocycles. The van der Waals surface area contributed by atoms with Gasteiger partial charge in [0, 0.05) is 19.2 Å². The molecule has 11 heteroatoms. The number of hydrogen-bond donors (Lipinski definition) is 2. The smallest absolute Gasteiger partial charge is 0.236 e. The number of pyridine rings is 1. The standard InChI is InChI=1S/C25H35N3O6S.ClH/c1-3-15-34-22-7-5-19(6-8-22)16-24(29)27-28(30)18-20-13-14-26-25(17-20)35(31,32)23-11-9-21(10-12-23)33-4-2;/h9-14,17,19,22,30H,3-8,15-16,18H2,1-2H3,(H,27,29);1H. The van der Waals surface area contributed by atoms with Crippen molar-refractivity contribution >= 4 is 28.2 Å². The van der Waals surface area contributed by atoms with Gasteiger partial charge in [-0.25, -0.2) is 13.4 Å². The number of benzene rings is 1. The molecule has 1 aromatic carbocycles. The highest BCUT2D eigenvalue weighted by Crippen LogP contribution is 2.28. The van der Waals surface area contributed by atoms with E-state index in [1.165, 1.54) is 24.4 Å². The van der Waals surface area contributed by atoms with E-state index in [1.54, 1.807) is 18.2 Å². The summed E-state index contributed by atoms with van der Waals surface area (Å²) in [5, 5.41) is 10.8. The zero-order chi connectivity index (χ0) is 25.3. The average Bonchev–Trinajstić information content (AvgIpc) is 2.84. The second-order valence-electron chi connectivity index (χ2n) is 8.72. The van der Waals surface area contributed by atoms with Crippen LogP contribution in [-0.4, -0.2) is 49.0 Å². The number of rotatable bonds is 12. The number of nitrogens with zero attached hydrogens (tertiary/aromatic N) is 2. The Labute approximate surface area is 219 Å². The Morgan fingerprint density at radius 1 is 1.14 bits per heavy atom. The van der Waals surface area contributed by atoms with E-state index in [0.717, 1.165) is 38.7 Å². The van der Waals surface area contributed by atoms with Crippen molar-refractivity contribution in [2.75, 3.05) is 13.2 Å². The van der Waals surface area contributed by atoms with E-state index in [0.29, 0.717) is 29.5 Å². The molecule has 0 bridgehead atoms. The van der Waals surface area contributed by atoms with Gasteiger partial charge in [-0.1, -0.05) is 12.1 Å². The maximum atomic E-state index is 13.0. The van der Waals surface area contributed by atoms with E-state index in [-0.39, 0.29) is 46.8 Å². The van der Waals surface area contributed by atoms with Gasteiger partial charge in [0.2, 0.25) is 15.7 Å². The van der Waals surface area contributed by atoms with Crippen molar-refractivity contribution in [1.82, 2.24) is 15.6 Å². The average molecular weight is 542 g/mol. The number of amides is 1. The van der Waals surface area contributed by atoms with Crippen LogP contribution in [0.1, 0.15) is 57.9 Å². The summed E-state index contributed by atoms with van der Waals surface area (Å²) in [6.45, 7) is 5.11. The van der Waals surface area contributed by atoms with E-state index in [2.05, 4.69) is 17.3 Å². The lowest BCUT2D eigenvalue weighted by Gasteiger charge is -2.28. The molecule has 1 aromatic heterocycles. The van der Waals surface area contributed by atoms with Gasteiger partial charge in [-0.2, -0.15) is 0 Å². The molecule has 0 unspecified atom stereocenters. The van der Waals surface area contributed by atoms with Crippen molar-refractivity contribution in [2.45, 2.75) is 74.9 Å². The van der Waals surface area contributed by atoms with Gasteiger partial charge in [-0.3, -0.25) is 15.4 Å². The van der Waals surface area contributed by atoms with Crippen LogP contribution in [0.15, 0.2) is 52.5 Å². The number of carbonyl (C=O) groups excluding carboxylic acids is 1. The van der Waals surface area contributed by atoms with Crippen LogP contribution in [0.2, 0.25) is 0 Å². The number of ether oxygens (including phenoxy) is 2. The van der Waals surface area contributed by atoms with Gasteiger partial charge in [0.25, 0.3) is 0 Å². The molecule has 1 saturated carbocycles. The van der Waals surface area contributed by atoms with Crippen molar-refractivity contribution in [3.05, 3.63) is 48.2 Å². The molecule has 1 aliphatic carbocycles. The normalized spacial score (nSPS) is 17.9. The predicted octanol–water partition coefficient (Wildman–Crippen LogP) is 4.33. The van der Waals surface area contributed by atoms with Crippen LogP contribution < -0.4 is 10.2 Å². The topological polar surface area (TPSA) is 118 Å². The minimum atomic E-state index is -3.85. The largest absolute Gasteiger partial charge is 0.494 e. The first-order valence-corrected chi connectivity index (χ1v) is 13.6. The molecule has 1 heterocycles. The Balaban J connectivity index is 0.00000456. The van der Waals surface area contributed by atoms with Crippen LogP contribution in [0.3, 0.4) is 0 Å². The van der Waals surface area contributed by atoms with Gasteiger partial charge in [0.1, 0.15) is 5.75 Å². The zero-order valence-electron chi connectivity index (χ0n) is 20.8. The van der Waals surface area contributed by atoms with Crippen molar-refractivity contribution < 1.29 is 27.9 Å². The molecule has 36 heavy (non-hydrogen) atoms. The highest BCUT2D eigenvalue weighted by atomic mass is 35.5. The molecule has 1 amide bonds. The van der Waals surface area contributed by atoms with Gasteiger partial charge in [0.15, 0.2) is 5.03 Å². The molecule has 0 radical (unpaired) electrons. The minimum absolute atomic E-state index is 0. The number of hydrogen-bond acceptors (Lipinski definition) is 8. The van der Waals surface area contributed by atoms with Crippen LogP contribution >= 0.6 is 12.4 Å². The molecule has 3 rings (SSSR count). The van der Waals surface area contributed by atoms with Crippen molar-refractivity contribution in [1.29, 1.82) is 0 Å². The molecular weight excluding hydrogens is 506 g/mol. The predicted molar refractivity (Wildman–Crippen MR) is 137 cm³/mol. The van der Waals surface area contributed by atoms with Gasteiger partial charge in [-0.05, 0) is 86.9 Å². The first-order chi connectivity index (χ1) is 16.8. The van der Waals surface area contributed by atoms with E-state index in [4.69, 9.17) is 9.47 Å². The van der Waals surface area contributed by atoms with Crippen molar-refractivity contribution in [2.24, 2.45) is 5.92 Å². The summed E-state index contributed by atoms with van der Waals surface area (Å²) in [5.74, 6) is 0.566. The van der Waals surface area contributed by atoms with E-state index in [9.17, 15) is 18.4 Å².